The van der Waals surface area contributed by atoms with Crippen molar-refractivity contribution >= 4 is 74.3 Å². The maximum atomic E-state index is 12.0. The number of pyridine rings is 1. The van der Waals surface area contributed by atoms with E-state index >= 15 is 0 Å². The standard InChI is InChI=1S/C13H11Cl3N6OS2/c1-22-4-6(14)10(21-22)12-19-20-13(25-12)24-5-9(23)17-7-2-3-8(15)18-11(7)16/h2-4,12,19H,5H2,1H3,(H,17,23)/t12-/m0/s1. The minimum absolute atomic E-state index is 0.143. The number of anilines is 1. The van der Waals surface area contributed by atoms with Crippen LogP contribution in [0.3, 0.4) is 0 Å². The third kappa shape index (κ3) is 4.73. The second kappa shape index (κ2) is 8.05. The first-order valence-corrected chi connectivity index (χ1v) is 9.86. The summed E-state index contributed by atoms with van der Waals surface area (Å²) in [4.78, 5) is 15.9. The molecule has 0 unspecified atom stereocenters. The van der Waals surface area contributed by atoms with Gasteiger partial charge in [0.25, 0.3) is 0 Å². The highest BCUT2D eigenvalue weighted by molar-refractivity contribution is 8.39. The van der Waals surface area contributed by atoms with Gasteiger partial charge >= 0.3 is 0 Å². The van der Waals surface area contributed by atoms with E-state index in [1.54, 1.807) is 30.1 Å². The van der Waals surface area contributed by atoms with Gasteiger partial charge in [-0.25, -0.2) is 4.98 Å². The first kappa shape index (κ1) is 18.7. The maximum absolute atomic E-state index is 12.0. The average Bonchev–Trinajstić information content (AvgIpc) is 3.14. The molecule has 12 heteroatoms. The summed E-state index contributed by atoms with van der Waals surface area (Å²) in [6.07, 6.45) is 1.72. The Labute approximate surface area is 166 Å². The van der Waals surface area contributed by atoms with Gasteiger partial charge in [0.15, 0.2) is 9.53 Å². The van der Waals surface area contributed by atoms with Gasteiger partial charge in [-0.1, -0.05) is 58.3 Å². The number of nitrogens with zero attached hydrogens (tertiary/aromatic N) is 4. The molecule has 25 heavy (non-hydrogen) atoms. The van der Waals surface area contributed by atoms with Crippen LogP contribution in [0.2, 0.25) is 15.3 Å². The predicted octanol–water partition coefficient (Wildman–Crippen LogP) is 3.75. The van der Waals surface area contributed by atoms with Gasteiger partial charge in [0.1, 0.15) is 16.2 Å². The third-order valence-electron chi connectivity index (χ3n) is 2.97. The number of rotatable bonds is 4. The molecule has 7 nitrogen and oxygen atoms in total. The Morgan fingerprint density at radius 2 is 2.24 bits per heavy atom. The number of nitrogens with one attached hydrogen (secondary N) is 2. The van der Waals surface area contributed by atoms with E-state index in [9.17, 15) is 4.79 Å². The lowest BCUT2D eigenvalue weighted by Gasteiger charge is -2.07. The van der Waals surface area contributed by atoms with Crippen LogP contribution in [0.5, 0.6) is 0 Å². The van der Waals surface area contributed by atoms with E-state index < -0.39 is 0 Å². The molecular formula is C13H11Cl3N6OS2. The van der Waals surface area contributed by atoms with Crippen LogP contribution >= 0.6 is 58.3 Å². The van der Waals surface area contributed by atoms with Gasteiger partial charge in [-0.3, -0.25) is 14.9 Å². The zero-order valence-electron chi connectivity index (χ0n) is 12.7. The van der Waals surface area contributed by atoms with Crippen molar-refractivity contribution in [3.63, 3.8) is 0 Å². The highest BCUT2D eigenvalue weighted by atomic mass is 35.5. The molecule has 1 aliphatic rings. The van der Waals surface area contributed by atoms with E-state index in [2.05, 4.69) is 25.9 Å². The topological polar surface area (TPSA) is 84.2 Å². The minimum Gasteiger partial charge on any atom is -0.323 e. The van der Waals surface area contributed by atoms with Crippen molar-refractivity contribution in [2.75, 3.05) is 11.1 Å². The van der Waals surface area contributed by atoms with Crippen molar-refractivity contribution in [2.24, 2.45) is 12.1 Å². The van der Waals surface area contributed by atoms with Crippen LogP contribution in [0.15, 0.2) is 23.4 Å². The van der Waals surface area contributed by atoms with Crippen molar-refractivity contribution in [1.29, 1.82) is 0 Å². The SMILES string of the molecule is Cn1cc(Cl)c([C@H]2NN=C(SCC(=O)Nc3ccc(Cl)nc3Cl)S2)n1. The molecule has 2 aromatic rings. The Bertz CT molecular complexity index is 843. The van der Waals surface area contributed by atoms with Gasteiger partial charge in [0, 0.05) is 13.2 Å². The first-order chi connectivity index (χ1) is 11.9. The van der Waals surface area contributed by atoms with Crippen LogP contribution in [-0.4, -0.2) is 30.8 Å². The highest BCUT2D eigenvalue weighted by Crippen LogP contribution is 2.37. The molecule has 2 aromatic heterocycles. The zero-order valence-corrected chi connectivity index (χ0v) is 16.6. The highest BCUT2D eigenvalue weighted by Gasteiger charge is 2.26. The van der Waals surface area contributed by atoms with Crippen molar-refractivity contribution in [2.45, 2.75) is 5.37 Å². The van der Waals surface area contributed by atoms with Crippen molar-refractivity contribution in [3.05, 3.63) is 39.4 Å². The second-order valence-electron chi connectivity index (χ2n) is 4.85. The molecular weight excluding hydrogens is 427 g/mol. The summed E-state index contributed by atoms with van der Waals surface area (Å²) in [5.41, 5.74) is 4.07. The van der Waals surface area contributed by atoms with Crippen molar-refractivity contribution in [1.82, 2.24) is 20.2 Å². The lowest BCUT2D eigenvalue weighted by molar-refractivity contribution is -0.113. The number of hydrogen-bond acceptors (Lipinski definition) is 7. The Morgan fingerprint density at radius 3 is 2.92 bits per heavy atom. The van der Waals surface area contributed by atoms with E-state index in [1.165, 1.54) is 23.5 Å². The van der Waals surface area contributed by atoms with E-state index in [-0.39, 0.29) is 27.3 Å². The van der Waals surface area contributed by atoms with Crippen LogP contribution in [0.4, 0.5) is 5.69 Å². The first-order valence-electron chi connectivity index (χ1n) is 6.86. The molecule has 0 radical (unpaired) electrons. The van der Waals surface area contributed by atoms with Gasteiger partial charge in [0.05, 0.1) is 16.5 Å². The summed E-state index contributed by atoms with van der Waals surface area (Å²) in [6.45, 7) is 0. The molecule has 0 saturated carbocycles. The number of hydrazone groups is 1. The zero-order chi connectivity index (χ0) is 18.0. The van der Waals surface area contributed by atoms with E-state index in [0.717, 1.165) is 4.38 Å². The number of thioether (sulfide) groups is 2. The quantitative estimate of drug-likeness (QED) is 0.709. The average molecular weight is 438 g/mol. The molecule has 3 heterocycles. The monoisotopic (exact) mass is 436 g/mol. The smallest absolute Gasteiger partial charge is 0.234 e. The molecule has 0 bridgehead atoms. The summed E-state index contributed by atoms with van der Waals surface area (Å²) in [5.74, 6) is -0.0477. The molecule has 132 valence electrons. The molecule has 0 aromatic carbocycles. The Hall–Kier alpha value is -1.13. The van der Waals surface area contributed by atoms with Gasteiger partial charge in [-0.2, -0.15) is 10.2 Å². The van der Waals surface area contributed by atoms with Crippen LogP contribution in [0.25, 0.3) is 0 Å². The number of amides is 1. The molecule has 2 N–H and O–H groups in total. The van der Waals surface area contributed by atoms with Crippen LogP contribution in [0.1, 0.15) is 11.1 Å². The lowest BCUT2D eigenvalue weighted by Crippen LogP contribution is -2.15. The molecule has 3 rings (SSSR count). The molecule has 1 aliphatic heterocycles. The fraction of sp³-hybridized carbons (Fsp3) is 0.231. The fourth-order valence-corrected chi connectivity index (χ4v) is 4.55. The molecule has 0 fully saturated rings. The summed E-state index contributed by atoms with van der Waals surface area (Å²) in [7, 11) is 1.80. The summed E-state index contributed by atoms with van der Waals surface area (Å²) in [5, 5.41) is 12.0. The summed E-state index contributed by atoms with van der Waals surface area (Å²) in [6, 6.07) is 3.15. The van der Waals surface area contributed by atoms with E-state index in [0.29, 0.717) is 16.4 Å². The third-order valence-corrected chi connectivity index (χ3v) is 6.00. The molecule has 0 spiro atoms. The molecule has 0 aliphatic carbocycles. The van der Waals surface area contributed by atoms with Crippen LogP contribution in [0, 0.1) is 0 Å². The van der Waals surface area contributed by atoms with E-state index in [1.807, 2.05) is 0 Å². The largest absolute Gasteiger partial charge is 0.323 e. The molecule has 1 atom stereocenters. The maximum Gasteiger partial charge on any atom is 0.234 e. The van der Waals surface area contributed by atoms with Gasteiger partial charge in [-0.15, -0.1) is 0 Å². The van der Waals surface area contributed by atoms with E-state index in [4.69, 9.17) is 34.8 Å². The molecule has 1 amide bonds. The van der Waals surface area contributed by atoms with Gasteiger partial charge in [0.2, 0.25) is 5.91 Å². The van der Waals surface area contributed by atoms with Gasteiger partial charge in [-0.05, 0) is 12.1 Å². The number of carbonyl (C=O) groups excluding carboxylic acids is 1. The van der Waals surface area contributed by atoms with Crippen LogP contribution in [-0.2, 0) is 11.8 Å². The number of aromatic nitrogens is 3. The number of carbonyl (C=O) groups is 1. The Morgan fingerprint density at radius 1 is 1.44 bits per heavy atom. The number of aryl methyl sites for hydroxylation is 1. The fourth-order valence-electron chi connectivity index (χ4n) is 1.92. The van der Waals surface area contributed by atoms with Crippen molar-refractivity contribution < 1.29 is 4.79 Å². The van der Waals surface area contributed by atoms with Crippen LogP contribution < -0.4 is 10.7 Å². The Kier molecular flexibility index (Phi) is 6.00. The minimum atomic E-state index is -0.223. The predicted molar refractivity (Wildman–Crippen MR) is 104 cm³/mol. The second-order valence-corrected chi connectivity index (χ2v) is 8.32. The van der Waals surface area contributed by atoms with Crippen molar-refractivity contribution in [3.8, 4) is 0 Å². The lowest BCUT2D eigenvalue weighted by atomic mass is 10.4. The summed E-state index contributed by atoms with van der Waals surface area (Å²) >= 11 is 20.5. The normalized spacial score (nSPS) is 16.5. The number of halogens is 3. The number of hydrogen-bond donors (Lipinski definition) is 2. The Balaban J connectivity index is 1.50. The molecule has 0 saturated heterocycles. The van der Waals surface area contributed by atoms with Gasteiger partial charge < -0.3 is 5.32 Å². The summed E-state index contributed by atoms with van der Waals surface area (Å²) < 4.78 is 2.37.